The van der Waals surface area contributed by atoms with Crippen LogP contribution in [0, 0.1) is 0 Å². The molecule has 1 aliphatic rings. The Bertz CT molecular complexity index is 500. The maximum Gasteiger partial charge on any atom is 0.228 e. The summed E-state index contributed by atoms with van der Waals surface area (Å²) in [7, 11) is 0. The van der Waals surface area contributed by atoms with E-state index >= 15 is 0 Å². The number of nitrogens with one attached hydrogen (secondary N) is 1. The van der Waals surface area contributed by atoms with Crippen LogP contribution in [0.15, 0.2) is 24.3 Å². The van der Waals surface area contributed by atoms with E-state index in [0.29, 0.717) is 11.4 Å². The Morgan fingerprint density at radius 1 is 1.56 bits per heavy atom. The number of carbonyl (C=O) groups is 1. The van der Waals surface area contributed by atoms with Gasteiger partial charge in [-0.25, -0.2) is 0 Å². The van der Waals surface area contributed by atoms with Crippen LogP contribution in [-0.2, 0) is 11.2 Å². The van der Waals surface area contributed by atoms with E-state index in [4.69, 9.17) is 18.0 Å². The molecule has 96 valence electrons. The standard InChI is InChI=1S/C14H18N2OS/c1-3-14(2,13(15)18)16-12(17)11-8-9-6-4-5-7-10(9)11/h4-7,11H,3,8H2,1-2H3,(H2,15,18)(H,16,17). The molecule has 1 aliphatic carbocycles. The van der Waals surface area contributed by atoms with E-state index in [1.165, 1.54) is 5.56 Å². The third kappa shape index (κ3) is 2.12. The van der Waals surface area contributed by atoms with Gasteiger partial charge in [-0.05, 0) is 30.9 Å². The highest BCUT2D eigenvalue weighted by Crippen LogP contribution is 2.35. The lowest BCUT2D eigenvalue weighted by atomic mass is 9.76. The Morgan fingerprint density at radius 2 is 2.22 bits per heavy atom. The van der Waals surface area contributed by atoms with Gasteiger partial charge in [0.05, 0.1) is 16.4 Å². The first-order valence-corrected chi connectivity index (χ1v) is 6.58. The Hall–Kier alpha value is -1.42. The van der Waals surface area contributed by atoms with E-state index in [-0.39, 0.29) is 11.8 Å². The summed E-state index contributed by atoms with van der Waals surface area (Å²) >= 11 is 5.03. The zero-order chi connectivity index (χ0) is 13.3. The Kier molecular flexibility index (Phi) is 3.39. The van der Waals surface area contributed by atoms with E-state index in [1.807, 2.05) is 32.0 Å². The lowest BCUT2D eigenvalue weighted by molar-refractivity contribution is -0.124. The molecule has 0 spiro atoms. The molecule has 3 nitrogen and oxygen atoms in total. The van der Waals surface area contributed by atoms with Crippen LogP contribution in [-0.4, -0.2) is 16.4 Å². The van der Waals surface area contributed by atoms with E-state index in [1.54, 1.807) is 0 Å². The molecule has 1 amide bonds. The highest BCUT2D eigenvalue weighted by Gasteiger charge is 2.36. The Balaban J connectivity index is 2.10. The van der Waals surface area contributed by atoms with Gasteiger partial charge in [0, 0.05) is 0 Å². The number of hydrogen-bond donors (Lipinski definition) is 2. The predicted octanol–water partition coefficient (Wildman–Crippen LogP) is 1.90. The summed E-state index contributed by atoms with van der Waals surface area (Å²) in [5.41, 5.74) is 7.49. The topological polar surface area (TPSA) is 55.1 Å². The monoisotopic (exact) mass is 262 g/mol. The molecule has 0 heterocycles. The normalized spacial score (nSPS) is 20.2. The summed E-state index contributed by atoms with van der Waals surface area (Å²) in [6.07, 6.45) is 1.50. The Morgan fingerprint density at radius 3 is 2.78 bits per heavy atom. The third-order valence-electron chi connectivity index (χ3n) is 3.82. The summed E-state index contributed by atoms with van der Waals surface area (Å²) in [6.45, 7) is 3.84. The summed E-state index contributed by atoms with van der Waals surface area (Å²) in [5.74, 6) is -0.0349. The SMILES string of the molecule is CCC(C)(NC(=O)C1Cc2ccccc21)C(N)=S. The first-order valence-electron chi connectivity index (χ1n) is 6.17. The van der Waals surface area contributed by atoms with Crippen LogP contribution >= 0.6 is 12.2 Å². The van der Waals surface area contributed by atoms with Crippen molar-refractivity contribution in [3.63, 3.8) is 0 Å². The summed E-state index contributed by atoms with van der Waals surface area (Å²) < 4.78 is 0. The molecule has 0 aliphatic heterocycles. The van der Waals surface area contributed by atoms with Crippen molar-refractivity contribution in [2.24, 2.45) is 5.73 Å². The van der Waals surface area contributed by atoms with Crippen LogP contribution in [0.3, 0.4) is 0 Å². The molecule has 0 radical (unpaired) electrons. The second-order valence-corrected chi connectivity index (χ2v) is 5.43. The van der Waals surface area contributed by atoms with Crippen molar-refractivity contribution in [2.75, 3.05) is 0 Å². The zero-order valence-corrected chi connectivity index (χ0v) is 11.5. The summed E-state index contributed by atoms with van der Waals surface area (Å²) in [4.78, 5) is 12.6. The molecule has 4 heteroatoms. The highest BCUT2D eigenvalue weighted by atomic mass is 32.1. The fraction of sp³-hybridized carbons (Fsp3) is 0.429. The minimum atomic E-state index is -0.586. The molecular weight excluding hydrogens is 244 g/mol. The number of carbonyl (C=O) groups excluding carboxylic acids is 1. The van der Waals surface area contributed by atoms with Crippen molar-refractivity contribution in [1.29, 1.82) is 0 Å². The van der Waals surface area contributed by atoms with E-state index in [2.05, 4.69) is 11.4 Å². The van der Waals surface area contributed by atoms with Crippen molar-refractivity contribution >= 4 is 23.1 Å². The van der Waals surface area contributed by atoms with Crippen LogP contribution in [0.25, 0.3) is 0 Å². The predicted molar refractivity (Wildman–Crippen MR) is 76.5 cm³/mol. The number of thiocarbonyl (C=S) groups is 1. The summed E-state index contributed by atoms with van der Waals surface area (Å²) in [6, 6.07) is 8.03. The molecule has 1 aromatic rings. The first kappa shape index (κ1) is 13.0. The molecule has 2 rings (SSSR count). The molecule has 1 aromatic carbocycles. The van der Waals surface area contributed by atoms with Gasteiger partial charge in [-0.3, -0.25) is 4.79 Å². The number of amides is 1. The molecular formula is C14H18N2OS. The molecule has 0 fully saturated rings. The van der Waals surface area contributed by atoms with Crippen LogP contribution in [0.2, 0.25) is 0 Å². The quantitative estimate of drug-likeness (QED) is 0.815. The minimum absolute atomic E-state index is 0.0193. The van der Waals surface area contributed by atoms with Crippen molar-refractivity contribution in [2.45, 2.75) is 38.1 Å². The molecule has 0 aromatic heterocycles. The lowest BCUT2D eigenvalue weighted by Gasteiger charge is -2.34. The number of fused-ring (bicyclic) bond motifs is 1. The minimum Gasteiger partial charge on any atom is -0.391 e. The van der Waals surface area contributed by atoms with Crippen molar-refractivity contribution in [3.05, 3.63) is 35.4 Å². The van der Waals surface area contributed by atoms with Crippen LogP contribution < -0.4 is 11.1 Å². The number of hydrogen-bond acceptors (Lipinski definition) is 2. The fourth-order valence-electron chi connectivity index (χ4n) is 2.18. The average molecular weight is 262 g/mol. The second kappa shape index (κ2) is 4.69. The van der Waals surface area contributed by atoms with Gasteiger partial charge >= 0.3 is 0 Å². The van der Waals surface area contributed by atoms with Gasteiger partial charge in [0.1, 0.15) is 0 Å². The van der Waals surface area contributed by atoms with Gasteiger partial charge in [-0.1, -0.05) is 43.4 Å². The van der Waals surface area contributed by atoms with Gasteiger partial charge < -0.3 is 11.1 Å². The fourth-order valence-corrected chi connectivity index (χ4v) is 2.37. The number of nitrogens with two attached hydrogens (primary N) is 1. The molecule has 3 N–H and O–H groups in total. The van der Waals surface area contributed by atoms with Gasteiger partial charge in [-0.2, -0.15) is 0 Å². The third-order valence-corrected chi connectivity index (χ3v) is 4.27. The molecule has 0 saturated carbocycles. The first-order chi connectivity index (χ1) is 8.48. The molecule has 18 heavy (non-hydrogen) atoms. The summed E-state index contributed by atoms with van der Waals surface area (Å²) in [5, 5.41) is 2.98. The van der Waals surface area contributed by atoms with Gasteiger partial charge in [0.15, 0.2) is 0 Å². The van der Waals surface area contributed by atoms with Crippen molar-refractivity contribution in [3.8, 4) is 0 Å². The van der Waals surface area contributed by atoms with Gasteiger partial charge in [0.2, 0.25) is 5.91 Å². The molecule has 0 bridgehead atoms. The maximum absolute atomic E-state index is 12.2. The van der Waals surface area contributed by atoms with Gasteiger partial charge in [0.25, 0.3) is 0 Å². The number of benzene rings is 1. The van der Waals surface area contributed by atoms with Gasteiger partial charge in [-0.15, -0.1) is 0 Å². The van der Waals surface area contributed by atoms with Crippen molar-refractivity contribution in [1.82, 2.24) is 5.32 Å². The second-order valence-electron chi connectivity index (χ2n) is 4.99. The molecule has 2 atom stereocenters. The highest BCUT2D eigenvalue weighted by molar-refractivity contribution is 7.80. The van der Waals surface area contributed by atoms with E-state index in [0.717, 1.165) is 12.0 Å². The maximum atomic E-state index is 12.2. The largest absolute Gasteiger partial charge is 0.391 e. The molecule has 2 unspecified atom stereocenters. The van der Waals surface area contributed by atoms with Crippen LogP contribution in [0.1, 0.15) is 37.3 Å². The van der Waals surface area contributed by atoms with Crippen LogP contribution in [0.4, 0.5) is 0 Å². The smallest absolute Gasteiger partial charge is 0.228 e. The Labute approximate surface area is 113 Å². The van der Waals surface area contributed by atoms with Crippen molar-refractivity contribution < 1.29 is 4.79 Å². The van der Waals surface area contributed by atoms with Crippen LogP contribution in [0.5, 0.6) is 0 Å². The molecule has 0 saturated heterocycles. The average Bonchev–Trinajstić information content (AvgIpc) is 2.30. The zero-order valence-electron chi connectivity index (χ0n) is 10.7. The van der Waals surface area contributed by atoms with E-state index < -0.39 is 5.54 Å². The van der Waals surface area contributed by atoms with E-state index in [9.17, 15) is 4.79 Å². The lowest BCUT2D eigenvalue weighted by Crippen LogP contribution is -2.56. The number of rotatable bonds is 4.